The summed E-state index contributed by atoms with van der Waals surface area (Å²) >= 11 is 0. The van der Waals surface area contributed by atoms with E-state index < -0.39 is 24.6 Å². The van der Waals surface area contributed by atoms with Crippen molar-refractivity contribution in [1.29, 1.82) is 0 Å². The minimum Gasteiger partial charge on any atom is -0.495 e. The highest BCUT2D eigenvalue weighted by molar-refractivity contribution is 7.93. The van der Waals surface area contributed by atoms with Crippen LogP contribution in [-0.2, 0) is 26.4 Å². The van der Waals surface area contributed by atoms with Crippen LogP contribution in [0.1, 0.15) is 25.1 Å². The average Bonchev–Trinajstić information content (AvgIpc) is 3.51. The first-order valence-electron chi connectivity index (χ1n) is 11.1. The molecule has 0 atom stereocenters. The Morgan fingerprint density at radius 2 is 1.89 bits per heavy atom. The van der Waals surface area contributed by atoms with Gasteiger partial charge in [0.2, 0.25) is 5.88 Å². The largest absolute Gasteiger partial charge is 0.495 e. The molecule has 0 saturated heterocycles. The summed E-state index contributed by atoms with van der Waals surface area (Å²) in [6, 6.07) is 7.56. The van der Waals surface area contributed by atoms with Gasteiger partial charge in [-0.25, -0.2) is 21.8 Å². The molecule has 0 amide bonds. The first-order chi connectivity index (χ1) is 17.8. The number of sulfonamides is 1. The van der Waals surface area contributed by atoms with Crippen molar-refractivity contribution in [2.24, 2.45) is 0 Å². The summed E-state index contributed by atoms with van der Waals surface area (Å²) in [6.07, 6.45) is 4.51. The van der Waals surface area contributed by atoms with E-state index in [2.05, 4.69) is 31.8 Å². The third-order valence-corrected chi connectivity index (χ3v) is 9.01. The molecule has 3 aromatic heterocycles. The Hall–Kier alpha value is -4.09. The molecule has 0 spiro atoms. The first-order valence-corrected chi connectivity index (χ1v) is 14.5. The summed E-state index contributed by atoms with van der Waals surface area (Å²) in [4.78, 5) is 4.24. The SMILES string of the molecule is COc1cc(C#CC(C)(C)S(C)(=O)=O)ccc1S(=O)(=O)Nc1noc2cc(Cn3cccn3)nc(OC)c12. The molecule has 4 rings (SSSR count). The standard InChI is InChI=1S/C24H25N5O7S2/c1-24(2,37(5,30)31)10-9-16-7-8-20(18(13-16)34-3)38(32,33)28-22-21-19(36-27-22)14-17(26-23(21)35-4)15-29-12-6-11-25-29/h6-8,11-14H,15H2,1-5H3,(H,27,28). The monoisotopic (exact) mass is 559 g/mol. The number of methoxy groups -OCH3 is 2. The summed E-state index contributed by atoms with van der Waals surface area (Å²) in [6.45, 7) is 3.32. The molecule has 1 aromatic carbocycles. The van der Waals surface area contributed by atoms with E-state index in [4.69, 9.17) is 14.0 Å². The van der Waals surface area contributed by atoms with Gasteiger partial charge in [-0.15, -0.1) is 0 Å². The second kappa shape index (κ2) is 9.99. The smallest absolute Gasteiger partial charge is 0.266 e. The quantitative estimate of drug-likeness (QED) is 0.318. The van der Waals surface area contributed by atoms with E-state index in [0.29, 0.717) is 17.8 Å². The first kappa shape index (κ1) is 27.0. The number of hydrogen-bond acceptors (Lipinski definition) is 10. The van der Waals surface area contributed by atoms with Crippen molar-refractivity contribution in [2.75, 3.05) is 25.2 Å². The Morgan fingerprint density at radius 3 is 2.53 bits per heavy atom. The van der Waals surface area contributed by atoms with E-state index >= 15 is 0 Å². The van der Waals surface area contributed by atoms with Gasteiger partial charge in [-0.3, -0.25) is 9.40 Å². The van der Waals surface area contributed by atoms with Gasteiger partial charge in [0.15, 0.2) is 21.2 Å². The van der Waals surface area contributed by atoms with Crippen LogP contribution < -0.4 is 14.2 Å². The minimum atomic E-state index is -4.22. The Balaban J connectivity index is 1.67. The predicted octanol–water partition coefficient (Wildman–Crippen LogP) is 2.46. The highest BCUT2D eigenvalue weighted by atomic mass is 32.2. The Labute approximate surface area is 219 Å². The normalized spacial score (nSPS) is 12.1. The molecule has 0 radical (unpaired) electrons. The second-order valence-corrected chi connectivity index (χ2v) is 13.0. The fraction of sp³-hybridized carbons (Fsp3) is 0.292. The summed E-state index contributed by atoms with van der Waals surface area (Å²) in [7, 11) is -4.94. The van der Waals surface area contributed by atoms with E-state index in [-0.39, 0.29) is 33.3 Å². The maximum absolute atomic E-state index is 13.3. The zero-order chi connectivity index (χ0) is 27.7. The Bertz CT molecular complexity index is 1770. The number of sulfone groups is 1. The molecular formula is C24H25N5O7S2. The third-order valence-electron chi connectivity index (χ3n) is 5.67. The fourth-order valence-electron chi connectivity index (χ4n) is 3.30. The lowest BCUT2D eigenvalue weighted by Gasteiger charge is -2.14. The molecule has 0 aliphatic rings. The molecule has 0 unspecified atom stereocenters. The van der Waals surface area contributed by atoms with Crippen molar-refractivity contribution in [3.63, 3.8) is 0 Å². The molecule has 0 fully saturated rings. The number of pyridine rings is 1. The van der Waals surface area contributed by atoms with Crippen molar-refractivity contribution in [3.05, 3.63) is 54.0 Å². The molecule has 0 bridgehead atoms. The van der Waals surface area contributed by atoms with Crippen LogP contribution in [-0.4, -0.2) is 62.0 Å². The van der Waals surface area contributed by atoms with Gasteiger partial charge in [-0.1, -0.05) is 17.0 Å². The highest BCUT2D eigenvalue weighted by Crippen LogP contribution is 2.34. The molecule has 4 aromatic rings. The van der Waals surface area contributed by atoms with Crippen LogP contribution >= 0.6 is 0 Å². The molecule has 200 valence electrons. The third kappa shape index (κ3) is 5.43. The van der Waals surface area contributed by atoms with E-state index in [9.17, 15) is 16.8 Å². The van der Waals surface area contributed by atoms with Crippen LogP contribution in [0.4, 0.5) is 5.82 Å². The Morgan fingerprint density at radius 1 is 1.13 bits per heavy atom. The number of ether oxygens (including phenoxy) is 2. The molecular weight excluding hydrogens is 534 g/mol. The van der Waals surface area contributed by atoms with Crippen LogP contribution in [0, 0.1) is 11.8 Å². The van der Waals surface area contributed by atoms with Crippen molar-refractivity contribution >= 4 is 36.6 Å². The van der Waals surface area contributed by atoms with Crippen LogP contribution in [0.2, 0.25) is 0 Å². The number of benzene rings is 1. The Kier molecular flexibility index (Phi) is 7.09. The summed E-state index contributed by atoms with van der Waals surface area (Å²) in [5.74, 6) is 5.48. The lowest BCUT2D eigenvalue weighted by Crippen LogP contribution is -2.28. The summed E-state index contributed by atoms with van der Waals surface area (Å²) < 4.78 is 69.3. The van der Waals surface area contributed by atoms with Gasteiger partial charge in [-0.05, 0) is 38.1 Å². The molecule has 38 heavy (non-hydrogen) atoms. The van der Waals surface area contributed by atoms with Gasteiger partial charge in [0.1, 0.15) is 20.8 Å². The second-order valence-electron chi connectivity index (χ2n) is 8.73. The van der Waals surface area contributed by atoms with Gasteiger partial charge < -0.3 is 14.0 Å². The lowest BCUT2D eigenvalue weighted by molar-refractivity contribution is 0.400. The molecule has 1 N–H and O–H groups in total. The topological polar surface area (TPSA) is 156 Å². The van der Waals surface area contributed by atoms with E-state index in [0.717, 1.165) is 6.26 Å². The van der Waals surface area contributed by atoms with Gasteiger partial charge in [-0.2, -0.15) is 5.10 Å². The number of fused-ring (bicyclic) bond motifs is 1. The van der Waals surface area contributed by atoms with Crippen molar-refractivity contribution in [3.8, 4) is 23.5 Å². The molecule has 0 saturated carbocycles. The molecule has 0 aliphatic carbocycles. The number of nitrogens with one attached hydrogen (secondary N) is 1. The number of nitrogens with zero attached hydrogens (tertiary/aromatic N) is 4. The van der Waals surface area contributed by atoms with Crippen molar-refractivity contribution < 1.29 is 30.8 Å². The molecule has 0 aliphatic heterocycles. The van der Waals surface area contributed by atoms with Gasteiger partial charge in [0.05, 0.1) is 26.5 Å². The van der Waals surface area contributed by atoms with Gasteiger partial charge in [0, 0.05) is 30.3 Å². The van der Waals surface area contributed by atoms with Gasteiger partial charge >= 0.3 is 0 Å². The molecule has 3 heterocycles. The minimum absolute atomic E-state index is 0.000797. The van der Waals surface area contributed by atoms with E-state index in [1.807, 2.05) is 0 Å². The number of rotatable bonds is 8. The number of anilines is 1. The van der Waals surface area contributed by atoms with Crippen LogP contribution in [0.5, 0.6) is 11.6 Å². The maximum Gasteiger partial charge on any atom is 0.266 e. The predicted molar refractivity (Wildman–Crippen MR) is 139 cm³/mol. The van der Waals surface area contributed by atoms with Crippen LogP contribution in [0.15, 0.2) is 52.1 Å². The van der Waals surface area contributed by atoms with E-state index in [1.165, 1.54) is 46.3 Å². The number of hydrogen-bond donors (Lipinski definition) is 1. The van der Waals surface area contributed by atoms with Crippen LogP contribution in [0.3, 0.4) is 0 Å². The fourth-order valence-corrected chi connectivity index (χ4v) is 4.70. The van der Waals surface area contributed by atoms with Crippen molar-refractivity contribution in [2.45, 2.75) is 30.0 Å². The maximum atomic E-state index is 13.3. The molecule has 14 heteroatoms. The van der Waals surface area contributed by atoms with Crippen molar-refractivity contribution in [1.82, 2.24) is 19.9 Å². The molecule has 12 nitrogen and oxygen atoms in total. The zero-order valence-corrected chi connectivity index (χ0v) is 22.8. The van der Waals surface area contributed by atoms with Gasteiger partial charge in [0.25, 0.3) is 10.0 Å². The highest BCUT2D eigenvalue weighted by Gasteiger charge is 2.28. The lowest BCUT2D eigenvalue weighted by atomic mass is 10.1. The van der Waals surface area contributed by atoms with Crippen LogP contribution in [0.25, 0.3) is 11.0 Å². The zero-order valence-electron chi connectivity index (χ0n) is 21.2. The summed E-state index contributed by atoms with van der Waals surface area (Å²) in [5, 5.41) is 8.26. The average molecular weight is 560 g/mol. The summed E-state index contributed by atoms with van der Waals surface area (Å²) in [5.41, 5.74) is 1.21. The van der Waals surface area contributed by atoms with E-state index in [1.54, 1.807) is 29.2 Å². The number of aromatic nitrogens is 4.